The summed E-state index contributed by atoms with van der Waals surface area (Å²) in [7, 11) is 0. The molecule has 0 fully saturated rings. The summed E-state index contributed by atoms with van der Waals surface area (Å²) >= 11 is 0. The van der Waals surface area contributed by atoms with E-state index in [2.05, 4.69) is 4.67 Å². The molecule has 11 heavy (non-hydrogen) atoms. The molecule has 0 atom stereocenters. The van der Waals surface area contributed by atoms with Gasteiger partial charge in [0.1, 0.15) is 5.71 Å². The number of para-hydroxylation sites is 1. The predicted molar refractivity (Wildman–Crippen MR) is 45.2 cm³/mol. The summed E-state index contributed by atoms with van der Waals surface area (Å²) in [5.41, 5.74) is 0.462. The zero-order valence-electron chi connectivity index (χ0n) is 5.91. The van der Waals surface area contributed by atoms with Crippen molar-refractivity contribution in [2.45, 2.75) is 0 Å². The fourth-order valence-corrected chi connectivity index (χ4v) is 1.07. The first-order valence-corrected chi connectivity index (χ1v) is 3.43. The van der Waals surface area contributed by atoms with Crippen LogP contribution >= 0.6 is 0 Å². The average Bonchev–Trinajstić information content (AvgIpc) is 2.04. The lowest BCUT2D eigenvalue weighted by molar-refractivity contribution is 1.32. The van der Waals surface area contributed by atoms with Crippen LogP contribution in [0.2, 0.25) is 0 Å². The monoisotopic (exact) mass is 143 g/mol. The fraction of sp³-hybridized carbons (Fsp3) is 0. The Hall–Kier alpha value is -1.66. The van der Waals surface area contributed by atoms with E-state index in [1.54, 1.807) is 6.21 Å². The Labute approximate surface area is 63.8 Å². The summed E-state index contributed by atoms with van der Waals surface area (Å²) in [5.74, 6) is 0. The molecule has 2 heteroatoms. The minimum atomic E-state index is 0.462. The predicted octanol–water partition coefficient (Wildman–Crippen LogP) is -0.742. The van der Waals surface area contributed by atoms with E-state index in [1.807, 2.05) is 30.3 Å². The third-order valence-corrected chi connectivity index (χ3v) is 1.59. The molecule has 1 heterocycles. The van der Waals surface area contributed by atoms with Crippen LogP contribution in [0.1, 0.15) is 0 Å². The van der Waals surface area contributed by atoms with Gasteiger partial charge >= 0.3 is 11.6 Å². The number of nitrogens with one attached hydrogen (secondary N) is 1. The summed E-state index contributed by atoms with van der Waals surface area (Å²) in [6, 6.07) is 7.79. The van der Waals surface area contributed by atoms with Crippen LogP contribution in [0.25, 0.3) is 6.08 Å². The second-order valence-corrected chi connectivity index (χ2v) is 2.42. The molecule has 1 aliphatic heterocycles. The maximum absolute atomic E-state index is 7.31. The van der Waals surface area contributed by atoms with Gasteiger partial charge in [0, 0.05) is 6.07 Å². The molecule has 0 aliphatic carbocycles. The molecule has 2 rings (SSSR count). The molecule has 52 valence electrons. The smallest absolute Gasteiger partial charge is 0.294 e. The number of nitrogens with zero attached hydrogens (tertiary/aromatic N) is 1. The van der Waals surface area contributed by atoms with Gasteiger partial charge in [-0.3, -0.25) is 5.41 Å². The van der Waals surface area contributed by atoms with Crippen molar-refractivity contribution in [1.29, 1.82) is 5.41 Å². The topological polar surface area (TPSA) is 38.0 Å². The van der Waals surface area contributed by atoms with Gasteiger partial charge in [-0.05, 0) is 12.1 Å². The van der Waals surface area contributed by atoms with Crippen molar-refractivity contribution < 1.29 is 0 Å². The molecule has 0 saturated heterocycles. The van der Waals surface area contributed by atoms with Gasteiger partial charge in [-0.15, -0.1) is 0 Å². The van der Waals surface area contributed by atoms with Gasteiger partial charge in [0.2, 0.25) is 0 Å². The van der Waals surface area contributed by atoms with Crippen LogP contribution in [0.3, 0.4) is 0 Å². The van der Waals surface area contributed by atoms with Crippen molar-refractivity contribution in [3.05, 3.63) is 34.8 Å². The van der Waals surface area contributed by atoms with Crippen LogP contribution in [-0.2, 0) is 0 Å². The van der Waals surface area contributed by atoms with E-state index < -0.39 is 0 Å². The Morgan fingerprint density at radius 3 is 2.91 bits per heavy atom. The van der Waals surface area contributed by atoms with Gasteiger partial charge in [0.15, 0.2) is 0 Å². The standard InChI is InChI=1S/C9H7N2/c10-8-5-7-3-1-2-4-9(7)11-6-8/h1-6,10H/q+1. The van der Waals surface area contributed by atoms with Gasteiger partial charge in [-0.1, -0.05) is 16.8 Å². The van der Waals surface area contributed by atoms with Crippen LogP contribution in [0.15, 0.2) is 24.3 Å². The number of hydrogen-bond acceptors (Lipinski definition) is 1. The average molecular weight is 143 g/mol. The molecule has 0 bridgehead atoms. The van der Waals surface area contributed by atoms with Crippen LogP contribution in [0.4, 0.5) is 0 Å². The van der Waals surface area contributed by atoms with E-state index in [4.69, 9.17) is 5.41 Å². The molecule has 1 aliphatic rings. The third kappa shape index (κ3) is 0.997. The molecule has 0 radical (unpaired) electrons. The fourth-order valence-electron chi connectivity index (χ4n) is 1.07. The largest absolute Gasteiger partial charge is 0.334 e. The summed E-state index contributed by atoms with van der Waals surface area (Å²) < 4.78 is 4.09. The highest BCUT2D eigenvalue weighted by Crippen LogP contribution is 1.73. The number of benzene rings is 1. The zero-order chi connectivity index (χ0) is 7.68. The van der Waals surface area contributed by atoms with Gasteiger partial charge < -0.3 is 0 Å². The van der Waals surface area contributed by atoms with Crippen molar-refractivity contribution in [1.82, 2.24) is 4.67 Å². The first kappa shape index (κ1) is 6.08. The Morgan fingerprint density at radius 2 is 2.00 bits per heavy atom. The second kappa shape index (κ2) is 2.19. The molecular weight excluding hydrogens is 136 g/mol. The molecular formula is C9H7N2+. The van der Waals surface area contributed by atoms with Crippen molar-refractivity contribution in [3.8, 4) is 0 Å². The SMILES string of the molecule is N=C1C=[N+]=c2ccccc2=C1. The number of fused-ring (bicyclic) bond motifs is 1. The first-order chi connectivity index (χ1) is 5.36. The van der Waals surface area contributed by atoms with Crippen molar-refractivity contribution in [2.75, 3.05) is 0 Å². The normalized spacial score (nSPS) is 13.3. The summed E-state index contributed by atoms with van der Waals surface area (Å²) in [5, 5.41) is 9.29. The van der Waals surface area contributed by atoms with E-state index in [0.29, 0.717) is 5.71 Å². The first-order valence-electron chi connectivity index (χ1n) is 3.43. The molecule has 1 aromatic rings. The van der Waals surface area contributed by atoms with Crippen molar-refractivity contribution in [3.63, 3.8) is 0 Å². The molecule has 1 N–H and O–H groups in total. The summed E-state index contributed by atoms with van der Waals surface area (Å²) in [4.78, 5) is 0. The molecule has 0 aromatic heterocycles. The van der Waals surface area contributed by atoms with E-state index in [1.165, 1.54) is 0 Å². The van der Waals surface area contributed by atoms with E-state index >= 15 is 0 Å². The zero-order valence-corrected chi connectivity index (χ0v) is 5.91. The highest BCUT2D eigenvalue weighted by atomic mass is 14.6. The van der Waals surface area contributed by atoms with Crippen molar-refractivity contribution in [2.24, 2.45) is 0 Å². The molecule has 0 spiro atoms. The lowest BCUT2D eigenvalue weighted by Crippen LogP contribution is -2.31. The Bertz CT molecular complexity index is 451. The maximum atomic E-state index is 7.31. The highest BCUT2D eigenvalue weighted by Gasteiger charge is 2.02. The van der Waals surface area contributed by atoms with Crippen LogP contribution in [0.5, 0.6) is 0 Å². The van der Waals surface area contributed by atoms with Gasteiger partial charge in [-0.2, -0.15) is 0 Å². The molecule has 0 unspecified atom stereocenters. The summed E-state index contributed by atoms with van der Waals surface area (Å²) in [6.45, 7) is 0. The highest BCUT2D eigenvalue weighted by molar-refractivity contribution is 6.42. The molecule has 1 aromatic carbocycles. The van der Waals surface area contributed by atoms with E-state index in [9.17, 15) is 0 Å². The quantitative estimate of drug-likeness (QED) is 0.464. The van der Waals surface area contributed by atoms with E-state index in [0.717, 1.165) is 10.6 Å². The Morgan fingerprint density at radius 1 is 1.18 bits per heavy atom. The Kier molecular flexibility index (Phi) is 1.21. The van der Waals surface area contributed by atoms with Gasteiger partial charge in [0.25, 0.3) is 0 Å². The summed E-state index contributed by atoms with van der Waals surface area (Å²) in [6.07, 6.45) is 3.37. The number of hydrogen-bond donors (Lipinski definition) is 1. The van der Waals surface area contributed by atoms with Gasteiger partial charge in [-0.25, -0.2) is 0 Å². The van der Waals surface area contributed by atoms with Crippen LogP contribution in [-0.4, -0.2) is 11.9 Å². The molecule has 2 nitrogen and oxygen atoms in total. The Balaban J connectivity index is 2.99. The maximum Gasteiger partial charge on any atom is 0.334 e. The van der Waals surface area contributed by atoms with Crippen LogP contribution < -0.4 is 15.2 Å². The van der Waals surface area contributed by atoms with Gasteiger partial charge in [0.05, 0.1) is 5.22 Å². The third-order valence-electron chi connectivity index (χ3n) is 1.59. The lowest BCUT2D eigenvalue weighted by atomic mass is 10.2. The molecule has 0 saturated carbocycles. The molecule has 0 amide bonds. The van der Waals surface area contributed by atoms with E-state index in [-0.39, 0.29) is 0 Å². The van der Waals surface area contributed by atoms with Crippen molar-refractivity contribution >= 4 is 18.0 Å². The second-order valence-electron chi connectivity index (χ2n) is 2.42. The number of rotatable bonds is 0. The van der Waals surface area contributed by atoms with Crippen LogP contribution in [0, 0.1) is 5.41 Å². The minimum absolute atomic E-state index is 0.462. The lowest BCUT2D eigenvalue weighted by Gasteiger charge is -1.82. The minimum Gasteiger partial charge on any atom is -0.294 e.